The molecule has 1 saturated carbocycles. The topological polar surface area (TPSA) is 96.7 Å². The summed E-state index contributed by atoms with van der Waals surface area (Å²) in [5, 5.41) is 19.9. The van der Waals surface area contributed by atoms with Gasteiger partial charge in [-0.25, -0.2) is 0 Å². The maximum atomic E-state index is 13.3. The maximum absolute atomic E-state index is 13.3. The predicted octanol–water partition coefficient (Wildman–Crippen LogP) is 4.93. The number of nitrogens with one attached hydrogen (secondary N) is 1. The van der Waals surface area contributed by atoms with Crippen molar-refractivity contribution in [3.05, 3.63) is 83.0 Å². The van der Waals surface area contributed by atoms with Crippen molar-refractivity contribution in [2.75, 3.05) is 19.6 Å². The summed E-state index contributed by atoms with van der Waals surface area (Å²) in [5.74, 6) is -0.826. The third-order valence-corrected chi connectivity index (χ3v) is 8.18. The zero-order valence-electron chi connectivity index (χ0n) is 22.9. The third-order valence-electron chi connectivity index (χ3n) is 7.88. The lowest BCUT2D eigenvalue weighted by Crippen LogP contribution is -2.48. The molecule has 0 radical (unpaired) electrons. The van der Waals surface area contributed by atoms with E-state index in [0.717, 1.165) is 60.8 Å². The lowest BCUT2D eigenvalue weighted by molar-refractivity contribution is -0.118. The fraction of sp³-hybridized carbons (Fsp3) is 0.344. The Bertz CT molecular complexity index is 1590. The number of Topliss-reactive ketones (excluding diaryl/α,β-unsaturated/α-hetero) is 1. The number of benzene rings is 3. The van der Waals surface area contributed by atoms with Gasteiger partial charge in [-0.15, -0.1) is 0 Å². The van der Waals surface area contributed by atoms with Crippen molar-refractivity contribution in [2.24, 2.45) is 7.05 Å². The van der Waals surface area contributed by atoms with Gasteiger partial charge in [-0.1, -0.05) is 48.0 Å². The van der Waals surface area contributed by atoms with E-state index in [2.05, 4.69) is 15.3 Å². The highest BCUT2D eigenvalue weighted by atomic mass is 35.5. The SMILES string of the molecule is Cn1ncc2ccc(-c3cccc(C(=O)C(=O)N[C@H](CN4CCCC4)[C@H](O)c4ccc(OC5CC5)c(Cl)c4)c3)cc21. The number of rotatable bonds is 10. The minimum absolute atomic E-state index is 0.202. The second-order valence-electron chi connectivity index (χ2n) is 11.0. The molecule has 2 heterocycles. The molecular formula is C32H33ClN4O4. The van der Waals surface area contributed by atoms with Gasteiger partial charge in [0.25, 0.3) is 5.91 Å². The van der Waals surface area contributed by atoms with Crippen LogP contribution in [0.4, 0.5) is 0 Å². The van der Waals surface area contributed by atoms with Crippen molar-refractivity contribution in [1.29, 1.82) is 0 Å². The summed E-state index contributed by atoms with van der Waals surface area (Å²) >= 11 is 6.46. The number of aliphatic hydroxyl groups excluding tert-OH is 1. The maximum Gasteiger partial charge on any atom is 0.292 e. The Morgan fingerprint density at radius 1 is 1.07 bits per heavy atom. The number of aliphatic hydroxyl groups is 1. The van der Waals surface area contributed by atoms with Gasteiger partial charge in [0.05, 0.1) is 28.9 Å². The molecule has 0 bridgehead atoms. The number of amides is 1. The Morgan fingerprint density at radius 3 is 2.61 bits per heavy atom. The molecule has 3 aromatic carbocycles. The minimum atomic E-state index is -1.06. The number of aryl methyl sites for hydroxylation is 1. The number of fused-ring (bicyclic) bond motifs is 1. The van der Waals surface area contributed by atoms with E-state index in [1.165, 1.54) is 0 Å². The smallest absolute Gasteiger partial charge is 0.292 e. The number of ketones is 1. The number of carbonyl (C=O) groups excluding carboxylic acids is 2. The third kappa shape index (κ3) is 6.15. The van der Waals surface area contributed by atoms with Crippen LogP contribution in [0.25, 0.3) is 22.0 Å². The Morgan fingerprint density at radius 2 is 1.85 bits per heavy atom. The van der Waals surface area contributed by atoms with Gasteiger partial charge in [-0.05, 0) is 79.7 Å². The second-order valence-corrected chi connectivity index (χ2v) is 11.4. The molecule has 1 saturated heterocycles. The van der Waals surface area contributed by atoms with E-state index in [4.69, 9.17) is 16.3 Å². The number of ether oxygens (including phenoxy) is 1. The van der Waals surface area contributed by atoms with Crippen LogP contribution in [-0.2, 0) is 11.8 Å². The van der Waals surface area contributed by atoms with Gasteiger partial charge in [-0.3, -0.25) is 14.3 Å². The van der Waals surface area contributed by atoms with E-state index < -0.39 is 23.8 Å². The summed E-state index contributed by atoms with van der Waals surface area (Å²) in [6, 6.07) is 17.5. The normalized spacial score (nSPS) is 17.0. The van der Waals surface area contributed by atoms with Crippen LogP contribution in [0.1, 0.15) is 47.7 Å². The molecule has 2 fully saturated rings. The molecule has 2 aliphatic rings. The highest BCUT2D eigenvalue weighted by molar-refractivity contribution is 6.43. The summed E-state index contributed by atoms with van der Waals surface area (Å²) in [6.07, 6.45) is 5.10. The zero-order valence-corrected chi connectivity index (χ0v) is 23.7. The monoisotopic (exact) mass is 572 g/mol. The van der Waals surface area contributed by atoms with Crippen LogP contribution < -0.4 is 10.1 Å². The lowest BCUT2D eigenvalue weighted by Gasteiger charge is -2.28. The largest absolute Gasteiger partial charge is 0.489 e. The van der Waals surface area contributed by atoms with E-state index >= 15 is 0 Å². The molecule has 6 rings (SSSR count). The van der Waals surface area contributed by atoms with Crippen molar-refractivity contribution in [2.45, 2.75) is 43.9 Å². The molecule has 2 atom stereocenters. The van der Waals surface area contributed by atoms with Crippen molar-refractivity contribution in [3.8, 4) is 16.9 Å². The molecule has 1 aromatic heterocycles. The molecule has 1 aliphatic heterocycles. The number of nitrogens with zero attached hydrogens (tertiary/aromatic N) is 3. The average molecular weight is 573 g/mol. The van der Waals surface area contributed by atoms with E-state index in [0.29, 0.717) is 22.9 Å². The highest BCUT2D eigenvalue weighted by Gasteiger charge is 2.30. The number of hydrogen-bond donors (Lipinski definition) is 2. The summed E-state index contributed by atoms with van der Waals surface area (Å²) in [7, 11) is 1.88. The quantitative estimate of drug-likeness (QED) is 0.207. The number of hydrogen-bond acceptors (Lipinski definition) is 6. The van der Waals surface area contributed by atoms with Crippen LogP contribution >= 0.6 is 11.6 Å². The van der Waals surface area contributed by atoms with Gasteiger partial charge in [0.1, 0.15) is 11.9 Å². The molecule has 212 valence electrons. The summed E-state index contributed by atoms with van der Waals surface area (Å²) in [6.45, 7) is 2.18. The van der Waals surface area contributed by atoms with Crippen LogP contribution in [0.15, 0.2) is 66.9 Å². The van der Waals surface area contributed by atoms with Gasteiger partial charge in [-0.2, -0.15) is 5.10 Å². The van der Waals surface area contributed by atoms with Crippen LogP contribution in [0, 0.1) is 0 Å². The van der Waals surface area contributed by atoms with Gasteiger partial charge in [0.15, 0.2) is 0 Å². The number of carbonyl (C=O) groups is 2. The van der Waals surface area contributed by atoms with Crippen molar-refractivity contribution >= 4 is 34.2 Å². The first kappa shape index (κ1) is 27.4. The van der Waals surface area contributed by atoms with E-state index in [9.17, 15) is 14.7 Å². The Kier molecular flexibility index (Phi) is 7.79. The summed E-state index contributed by atoms with van der Waals surface area (Å²) in [5.41, 5.74) is 3.56. The van der Waals surface area contributed by atoms with E-state index in [1.54, 1.807) is 47.3 Å². The molecule has 9 heteroatoms. The fourth-order valence-corrected chi connectivity index (χ4v) is 5.62. The molecule has 41 heavy (non-hydrogen) atoms. The molecule has 2 N–H and O–H groups in total. The van der Waals surface area contributed by atoms with Crippen LogP contribution in [0.3, 0.4) is 0 Å². The molecular weight excluding hydrogens is 540 g/mol. The highest BCUT2D eigenvalue weighted by Crippen LogP contribution is 2.34. The van der Waals surface area contributed by atoms with Gasteiger partial charge < -0.3 is 20.1 Å². The summed E-state index contributed by atoms with van der Waals surface area (Å²) in [4.78, 5) is 28.8. The predicted molar refractivity (Wildman–Crippen MR) is 158 cm³/mol. The standard InChI is InChI=1S/C32H33ClN4O4/c1-36-28-17-21(7-8-24(28)18-34-36)20-5-4-6-22(15-20)31(39)32(40)35-27(19-37-13-2-3-14-37)30(38)23-9-12-29(26(33)16-23)41-25-10-11-25/h4-9,12,15-18,25,27,30,38H,2-3,10-11,13-14,19H2,1H3,(H,35,40)/t27-,30-/m1/s1. The molecule has 4 aromatic rings. The second kappa shape index (κ2) is 11.6. The Hall–Kier alpha value is -3.72. The molecule has 8 nitrogen and oxygen atoms in total. The first-order valence-electron chi connectivity index (χ1n) is 14.1. The van der Waals surface area contributed by atoms with Gasteiger partial charge >= 0.3 is 0 Å². The number of likely N-dealkylation sites (tertiary alicyclic amines) is 1. The van der Waals surface area contributed by atoms with E-state index in [-0.39, 0.29) is 11.7 Å². The number of aromatic nitrogens is 2. The van der Waals surface area contributed by atoms with Gasteiger partial charge in [0.2, 0.25) is 5.78 Å². The van der Waals surface area contributed by atoms with Crippen LogP contribution in [0.5, 0.6) is 5.75 Å². The van der Waals surface area contributed by atoms with E-state index in [1.807, 2.05) is 31.3 Å². The number of halogens is 1. The van der Waals surface area contributed by atoms with Crippen molar-refractivity contribution in [3.63, 3.8) is 0 Å². The Balaban J connectivity index is 1.20. The summed E-state index contributed by atoms with van der Waals surface area (Å²) < 4.78 is 7.63. The zero-order chi connectivity index (χ0) is 28.5. The minimum Gasteiger partial charge on any atom is -0.489 e. The molecule has 0 spiro atoms. The average Bonchev–Trinajstić information content (AvgIpc) is 3.51. The Labute approximate surface area is 243 Å². The lowest BCUT2D eigenvalue weighted by atomic mass is 9.99. The van der Waals surface area contributed by atoms with Crippen LogP contribution in [-0.4, -0.2) is 63.3 Å². The molecule has 1 amide bonds. The molecule has 0 unspecified atom stereocenters. The first-order chi connectivity index (χ1) is 19.9. The molecule has 1 aliphatic carbocycles. The van der Waals surface area contributed by atoms with Crippen molar-refractivity contribution < 1.29 is 19.4 Å². The van der Waals surface area contributed by atoms with Crippen molar-refractivity contribution in [1.82, 2.24) is 20.0 Å². The van der Waals surface area contributed by atoms with Crippen LogP contribution in [0.2, 0.25) is 5.02 Å². The first-order valence-corrected chi connectivity index (χ1v) is 14.5. The fourth-order valence-electron chi connectivity index (χ4n) is 5.39. The van der Waals surface area contributed by atoms with Gasteiger partial charge in [0, 0.05) is 24.5 Å².